The van der Waals surface area contributed by atoms with Crippen LogP contribution in [0.4, 0.5) is 0 Å². The van der Waals surface area contributed by atoms with Crippen LogP contribution in [0.3, 0.4) is 0 Å². The summed E-state index contributed by atoms with van der Waals surface area (Å²) in [7, 11) is 0. The van der Waals surface area contributed by atoms with E-state index < -0.39 is 5.97 Å². The van der Waals surface area contributed by atoms with Crippen molar-refractivity contribution in [3.8, 4) is 5.75 Å². The normalized spacial score (nSPS) is 15.5. The van der Waals surface area contributed by atoms with Crippen LogP contribution in [0.25, 0.3) is 0 Å². The summed E-state index contributed by atoms with van der Waals surface area (Å²) in [5.74, 6) is -0.251. The number of ether oxygens (including phenoxy) is 2. The molecule has 5 heteroatoms. The zero-order valence-electron chi connectivity index (χ0n) is 15.6. The quantitative estimate of drug-likeness (QED) is 0.762. The molecule has 1 aliphatic carbocycles. The summed E-state index contributed by atoms with van der Waals surface area (Å²) in [6.45, 7) is 1.56. The van der Waals surface area contributed by atoms with Crippen LogP contribution in [0.5, 0.6) is 5.75 Å². The molecule has 1 aliphatic rings. The summed E-state index contributed by atoms with van der Waals surface area (Å²) in [6, 6.07) is 15.7. The van der Waals surface area contributed by atoms with Gasteiger partial charge in [0.2, 0.25) is 0 Å². The van der Waals surface area contributed by atoms with Gasteiger partial charge in [-0.15, -0.1) is 0 Å². The van der Waals surface area contributed by atoms with Gasteiger partial charge in [0.15, 0.2) is 13.2 Å². The average molecular weight is 367 g/mol. The van der Waals surface area contributed by atoms with E-state index in [1.54, 1.807) is 0 Å². The monoisotopic (exact) mass is 367 g/mol. The Labute approximate surface area is 159 Å². The van der Waals surface area contributed by atoms with Crippen molar-refractivity contribution in [3.05, 3.63) is 65.2 Å². The molecule has 3 rings (SSSR count). The first-order valence-corrected chi connectivity index (χ1v) is 9.40. The molecule has 0 aromatic heterocycles. The third-order valence-electron chi connectivity index (χ3n) is 4.76. The molecule has 2 aromatic rings. The molecule has 0 saturated heterocycles. The summed E-state index contributed by atoms with van der Waals surface area (Å²) in [5, 5.41) is 2.96. The second-order valence-corrected chi connectivity index (χ2v) is 6.66. The fourth-order valence-electron chi connectivity index (χ4n) is 3.29. The van der Waals surface area contributed by atoms with Crippen molar-refractivity contribution in [2.75, 3.05) is 13.2 Å². The van der Waals surface area contributed by atoms with E-state index in [2.05, 4.69) is 18.3 Å². The van der Waals surface area contributed by atoms with E-state index in [1.807, 2.05) is 42.5 Å². The summed E-state index contributed by atoms with van der Waals surface area (Å²) in [5.41, 5.74) is 3.63. The Morgan fingerprint density at radius 3 is 2.63 bits per heavy atom. The molecule has 27 heavy (non-hydrogen) atoms. The van der Waals surface area contributed by atoms with E-state index in [9.17, 15) is 9.59 Å². The summed E-state index contributed by atoms with van der Waals surface area (Å²) in [6.07, 6.45) is 3.91. The zero-order valence-corrected chi connectivity index (χ0v) is 15.6. The van der Waals surface area contributed by atoms with E-state index in [1.165, 1.54) is 11.1 Å². The Kier molecular flexibility index (Phi) is 6.47. The third-order valence-corrected chi connectivity index (χ3v) is 4.76. The highest BCUT2D eigenvalue weighted by Crippen LogP contribution is 2.29. The summed E-state index contributed by atoms with van der Waals surface area (Å²) < 4.78 is 10.4. The Morgan fingerprint density at radius 2 is 1.85 bits per heavy atom. The molecule has 2 aromatic carbocycles. The molecule has 1 atom stereocenters. The molecule has 0 heterocycles. The van der Waals surface area contributed by atoms with Crippen molar-refractivity contribution in [2.45, 2.75) is 38.6 Å². The summed E-state index contributed by atoms with van der Waals surface area (Å²) in [4.78, 5) is 23.9. The number of carbonyl (C=O) groups is 2. The lowest BCUT2D eigenvalue weighted by atomic mass is 9.88. The molecular formula is C22H25NO4. The van der Waals surface area contributed by atoms with Crippen LogP contribution in [0.15, 0.2) is 48.5 Å². The predicted octanol–water partition coefficient (Wildman–Crippen LogP) is 3.36. The van der Waals surface area contributed by atoms with Crippen LogP contribution in [0, 0.1) is 0 Å². The van der Waals surface area contributed by atoms with Crippen molar-refractivity contribution in [1.82, 2.24) is 5.32 Å². The first kappa shape index (κ1) is 19.0. The summed E-state index contributed by atoms with van der Waals surface area (Å²) >= 11 is 0. The second kappa shape index (κ2) is 9.21. The topological polar surface area (TPSA) is 64.6 Å². The van der Waals surface area contributed by atoms with Gasteiger partial charge < -0.3 is 14.8 Å². The Balaban J connectivity index is 1.42. The van der Waals surface area contributed by atoms with Crippen LogP contribution < -0.4 is 10.1 Å². The van der Waals surface area contributed by atoms with Gasteiger partial charge in [-0.05, 0) is 54.5 Å². The minimum absolute atomic E-state index is 0.0190. The van der Waals surface area contributed by atoms with Crippen LogP contribution in [-0.4, -0.2) is 25.1 Å². The van der Waals surface area contributed by atoms with Crippen LogP contribution >= 0.6 is 0 Å². The number of aryl methyl sites for hydroxylation is 2. The number of fused-ring (bicyclic) bond motifs is 1. The number of amides is 1. The Bertz CT molecular complexity index is 785. The minimum atomic E-state index is -0.561. The second-order valence-electron chi connectivity index (χ2n) is 6.66. The van der Waals surface area contributed by atoms with E-state index in [0.717, 1.165) is 31.2 Å². The highest BCUT2D eigenvalue weighted by Gasteiger charge is 2.21. The number of esters is 1. The Morgan fingerprint density at radius 1 is 1.07 bits per heavy atom. The van der Waals surface area contributed by atoms with Gasteiger partial charge in [0.05, 0.1) is 6.04 Å². The maximum absolute atomic E-state index is 12.1. The largest absolute Gasteiger partial charge is 0.482 e. The van der Waals surface area contributed by atoms with Gasteiger partial charge >= 0.3 is 5.97 Å². The smallest absolute Gasteiger partial charge is 0.344 e. The lowest BCUT2D eigenvalue weighted by Crippen LogP contribution is -2.34. The van der Waals surface area contributed by atoms with Crippen molar-refractivity contribution in [1.29, 1.82) is 0 Å². The van der Waals surface area contributed by atoms with Gasteiger partial charge in [0.1, 0.15) is 5.75 Å². The Hall–Kier alpha value is -2.82. The molecule has 142 valence electrons. The van der Waals surface area contributed by atoms with Crippen LogP contribution in [0.2, 0.25) is 0 Å². The molecule has 1 amide bonds. The molecule has 0 radical (unpaired) electrons. The first-order valence-electron chi connectivity index (χ1n) is 9.40. The fraction of sp³-hybridized carbons (Fsp3) is 0.364. The maximum Gasteiger partial charge on any atom is 0.344 e. The molecule has 0 spiro atoms. The SMILES string of the molecule is CCc1ccc(OCC(=O)OCC(=O)NC2CCCc3ccccc32)cc1. The van der Waals surface area contributed by atoms with Crippen molar-refractivity contribution >= 4 is 11.9 Å². The zero-order chi connectivity index (χ0) is 19.1. The highest BCUT2D eigenvalue weighted by atomic mass is 16.6. The minimum Gasteiger partial charge on any atom is -0.482 e. The molecule has 0 saturated carbocycles. The maximum atomic E-state index is 12.1. The van der Waals surface area contributed by atoms with Gasteiger partial charge in [0.25, 0.3) is 5.91 Å². The predicted molar refractivity (Wildman–Crippen MR) is 103 cm³/mol. The fourth-order valence-corrected chi connectivity index (χ4v) is 3.29. The number of hydrogen-bond donors (Lipinski definition) is 1. The molecule has 1 N–H and O–H groups in total. The third kappa shape index (κ3) is 5.33. The lowest BCUT2D eigenvalue weighted by molar-refractivity contribution is -0.150. The van der Waals surface area contributed by atoms with Crippen LogP contribution in [0.1, 0.15) is 42.5 Å². The van der Waals surface area contributed by atoms with E-state index >= 15 is 0 Å². The first-order chi connectivity index (χ1) is 13.2. The number of benzene rings is 2. The molecular weight excluding hydrogens is 342 g/mol. The number of nitrogens with one attached hydrogen (secondary N) is 1. The standard InChI is InChI=1S/C22H25NO4/c1-2-16-10-12-18(13-11-16)26-15-22(25)27-14-21(24)23-20-9-5-7-17-6-3-4-8-19(17)20/h3-4,6,8,10-13,20H,2,5,7,9,14-15H2,1H3,(H,23,24). The van der Waals surface area contributed by atoms with Gasteiger partial charge in [-0.1, -0.05) is 43.3 Å². The van der Waals surface area contributed by atoms with E-state index in [4.69, 9.17) is 9.47 Å². The molecule has 0 fully saturated rings. The highest BCUT2D eigenvalue weighted by molar-refractivity contribution is 5.81. The lowest BCUT2D eigenvalue weighted by Gasteiger charge is -2.26. The average Bonchev–Trinajstić information content (AvgIpc) is 2.71. The van der Waals surface area contributed by atoms with E-state index in [-0.39, 0.29) is 25.2 Å². The van der Waals surface area contributed by atoms with Gasteiger partial charge in [0, 0.05) is 0 Å². The number of hydrogen-bond acceptors (Lipinski definition) is 4. The van der Waals surface area contributed by atoms with Crippen molar-refractivity contribution in [2.24, 2.45) is 0 Å². The number of carbonyl (C=O) groups excluding carboxylic acids is 2. The molecule has 0 bridgehead atoms. The van der Waals surface area contributed by atoms with Crippen LogP contribution in [-0.2, 0) is 27.2 Å². The molecule has 0 aliphatic heterocycles. The van der Waals surface area contributed by atoms with Gasteiger partial charge in [-0.2, -0.15) is 0 Å². The molecule has 5 nitrogen and oxygen atoms in total. The van der Waals surface area contributed by atoms with Crippen molar-refractivity contribution in [3.63, 3.8) is 0 Å². The number of rotatable bonds is 7. The van der Waals surface area contributed by atoms with E-state index in [0.29, 0.717) is 5.75 Å². The van der Waals surface area contributed by atoms with Crippen molar-refractivity contribution < 1.29 is 19.1 Å². The molecule has 1 unspecified atom stereocenters. The van der Waals surface area contributed by atoms with Gasteiger partial charge in [-0.25, -0.2) is 4.79 Å². The van der Waals surface area contributed by atoms with Gasteiger partial charge in [-0.3, -0.25) is 4.79 Å².